The van der Waals surface area contributed by atoms with Crippen LogP contribution in [0.25, 0.3) is 0 Å². The third kappa shape index (κ3) is 3.43. The minimum Gasteiger partial charge on any atom is -0.481 e. The van der Waals surface area contributed by atoms with E-state index in [2.05, 4.69) is 0 Å². The summed E-state index contributed by atoms with van der Waals surface area (Å²) in [5.74, 6) is -1.43. The average Bonchev–Trinajstić information content (AvgIpc) is 2.26. The predicted octanol–water partition coefficient (Wildman–Crippen LogP) is -0.396. The molecule has 7 heteroatoms. The van der Waals surface area contributed by atoms with Crippen LogP contribution in [0.15, 0.2) is 0 Å². The Morgan fingerprint density at radius 2 is 2.12 bits per heavy atom. The molecule has 0 aromatic rings. The maximum Gasteiger partial charge on any atom is 0.304 e. The van der Waals surface area contributed by atoms with E-state index in [1.165, 1.54) is 4.31 Å². The standard InChI is InChI=1S/C9H18N2O4S/c10-7-8-3-1-2-5-11(8)16(14,15)6-4-9(12)13/h8H,1-7,10H2,(H,12,13). The number of sulfonamides is 1. The molecular weight excluding hydrogens is 232 g/mol. The molecule has 1 unspecified atom stereocenters. The molecule has 0 radical (unpaired) electrons. The van der Waals surface area contributed by atoms with Crippen molar-refractivity contribution in [1.29, 1.82) is 0 Å². The first-order valence-corrected chi connectivity index (χ1v) is 6.99. The third-order valence-corrected chi connectivity index (χ3v) is 4.69. The second kappa shape index (κ2) is 5.60. The van der Waals surface area contributed by atoms with Crippen molar-refractivity contribution in [3.63, 3.8) is 0 Å². The van der Waals surface area contributed by atoms with E-state index in [9.17, 15) is 13.2 Å². The zero-order valence-electron chi connectivity index (χ0n) is 9.13. The van der Waals surface area contributed by atoms with Gasteiger partial charge in [0.05, 0.1) is 12.2 Å². The summed E-state index contributed by atoms with van der Waals surface area (Å²) in [7, 11) is -3.47. The summed E-state index contributed by atoms with van der Waals surface area (Å²) in [6.45, 7) is 0.760. The number of carbonyl (C=O) groups is 1. The summed E-state index contributed by atoms with van der Waals surface area (Å²) in [4.78, 5) is 10.4. The molecule has 0 saturated carbocycles. The van der Waals surface area contributed by atoms with E-state index in [-0.39, 0.29) is 18.2 Å². The lowest BCUT2D eigenvalue weighted by molar-refractivity contribution is -0.136. The third-order valence-electron chi connectivity index (χ3n) is 2.78. The molecule has 94 valence electrons. The van der Waals surface area contributed by atoms with E-state index in [1.807, 2.05) is 0 Å². The smallest absolute Gasteiger partial charge is 0.304 e. The van der Waals surface area contributed by atoms with Crippen molar-refractivity contribution in [1.82, 2.24) is 4.31 Å². The highest BCUT2D eigenvalue weighted by Crippen LogP contribution is 2.20. The number of aliphatic carboxylic acids is 1. The SMILES string of the molecule is NCC1CCCCN1S(=O)(=O)CCC(=O)O. The molecule has 0 spiro atoms. The average molecular weight is 250 g/mol. The van der Waals surface area contributed by atoms with Gasteiger partial charge >= 0.3 is 5.97 Å². The summed E-state index contributed by atoms with van der Waals surface area (Å²) in [5.41, 5.74) is 5.52. The molecule has 1 heterocycles. The van der Waals surface area contributed by atoms with Gasteiger partial charge in [-0.2, -0.15) is 4.31 Å². The minimum atomic E-state index is -3.47. The largest absolute Gasteiger partial charge is 0.481 e. The molecule has 6 nitrogen and oxygen atoms in total. The predicted molar refractivity (Wildman–Crippen MR) is 59.4 cm³/mol. The van der Waals surface area contributed by atoms with Crippen LogP contribution in [0.3, 0.4) is 0 Å². The van der Waals surface area contributed by atoms with Crippen molar-refractivity contribution in [3.05, 3.63) is 0 Å². The highest BCUT2D eigenvalue weighted by atomic mass is 32.2. The molecule has 0 aliphatic carbocycles. The maximum atomic E-state index is 11.9. The van der Waals surface area contributed by atoms with Crippen molar-refractivity contribution >= 4 is 16.0 Å². The van der Waals surface area contributed by atoms with Gasteiger partial charge in [-0.1, -0.05) is 6.42 Å². The van der Waals surface area contributed by atoms with Crippen LogP contribution in [0.5, 0.6) is 0 Å². The second-order valence-corrected chi connectivity index (χ2v) is 6.00. The van der Waals surface area contributed by atoms with E-state index in [1.54, 1.807) is 0 Å². The quantitative estimate of drug-likeness (QED) is 0.691. The van der Waals surface area contributed by atoms with Gasteiger partial charge in [-0.25, -0.2) is 8.42 Å². The van der Waals surface area contributed by atoms with Gasteiger partial charge in [-0.3, -0.25) is 4.79 Å². The molecule has 1 aliphatic rings. The summed E-state index contributed by atoms with van der Waals surface area (Å²) < 4.78 is 25.1. The highest BCUT2D eigenvalue weighted by Gasteiger charge is 2.31. The molecule has 16 heavy (non-hydrogen) atoms. The van der Waals surface area contributed by atoms with Crippen LogP contribution in [-0.2, 0) is 14.8 Å². The molecule has 0 amide bonds. The van der Waals surface area contributed by atoms with Gasteiger partial charge in [0.25, 0.3) is 0 Å². The van der Waals surface area contributed by atoms with Gasteiger partial charge in [0.15, 0.2) is 0 Å². The van der Waals surface area contributed by atoms with E-state index in [0.717, 1.165) is 19.3 Å². The first-order chi connectivity index (χ1) is 7.47. The molecule has 1 fully saturated rings. The van der Waals surface area contributed by atoms with E-state index >= 15 is 0 Å². The zero-order chi connectivity index (χ0) is 12.2. The van der Waals surface area contributed by atoms with Crippen LogP contribution < -0.4 is 5.73 Å². The number of hydrogen-bond acceptors (Lipinski definition) is 4. The molecule has 1 rings (SSSR count). The molecule has 1 saturated heterocycles. The Kier molecular flexibility index (Phi) is 4.69. The summed E-state index contributed by atoms with van der Waals surface area (Å²) in [5, 5.41) is 8.49. The molecule has 0 aromatic heterocycles. The lowest BCUT2D eigenvalue weighted by Crippen LogP contribution is -2.48. The Morgan fingerprint density at radius 1 is 1.44 bits per heavy atom. The van der Waals surface area contributed by atoms with Crippen LogP contribution in [0.4, 0.5) is 0 Å². The summed E-state index contributed by atoms with van der Waals surface area (Å²) >= 11 is 0. The van der Waals surface area contributed by atoms with E-state index < -0.39 is 16.0 Å². The lowest BCUT2D eigenvalue weighted by atomic mass is 10.1. The highest BCUT2D eigenvalue weighted by molar-refractivity contribution is 7.89. The van der Waals surface area contributed by atoms with Crippen LogP contribution in [0.1, 0.15) is 25.7 Å². The second-order valence-electron chi connectivity index (χ2n) is 3.96. The fourth-order valence-corrected chi connectivity index (χ4v) is 3.63. The Bertz CT molecular complexity index is 341. The van der Waals surface area contributed by atoms with Gasteiger partial charge in [0, 0.05) is 19.1 Å². The van der Waals surface area contributed by atoms with Gasteiger partial charge in [-0.05, 0) is 12.8 Å². The number of piperidine rings is 1. The Hall–Kier alpha value is -0.660. The van der Waals surface area contributed by atoms with Crippen LogP contribution >= 0.6 is 0 Å². The van der Waals surface area contributed by atoms with Crippen molar-refractivity contribution in [2.75, 3.05) is 18.8 Å². The number of nitrogens with zero attached hydrogens (tertiary/aromatic N) is 1. The number of rotatable bonds is 5. The van der Waals surface area contributed by atoms with Crippen molar-refractivity contribution < 1.29 is 18.3 Å². The minimum absolute atomic E-state index is 0.160. The van der Waals surface area contributed by atoms with Crippen molar-refractivity contribution in [2.45, 2.75) is 31.7 Å². The van der Waals surface area contributed by atoms with Gasteiger partial charge < -0.3 is 10.8 Å². The van der Waals surface area contributed by atoms with Crippen LogP contribution in [-0.4, -0.2) is 48.7 Å². The van der Waals surface area contributed by atoms with Crippen LogP contribution in [0, 0.1) is 0 Å². The first kappa shape index (κ1) is 13.4. The number of nitrogens with two attached hydrogens (primary N) is 1. The Morgan fingerprint density at radius 3 is 2.69 bits per heavy atom. The van der Waals surface area contributed by atoms with Crippen molar-refractivity contribution in [2.24, 2.45) is 5.73 Å². The zero-order valence-corrected chi connectivity index (χ0v) is 9.95. The van der Waals surface area contributed by atoms with Gasteiger partial charge in [0.1, 0.15) is 0 Å². The first-order valence-electron chi connectivity index (χ1n) is 5.39. The molecular formula is C9H18N2O4S. The number of carboxylic acid groups (broad SMARTS) is 1. The number of carboxylic acids is 1. The van der Waals surface area contributed by atoms with E-state index in [0.29, 0.717) is 13.1 Å². The van der Waals surface area contributed by atoms with E-state index in [4.69, 9.17) is 10.8 Å². The lowest BCUT2D eigenvalue weighted by Gasteiger charge is -2.33. The summed E-state index contributed by atoms with van der Waals surface area (Å²) in [6.07, 6.45) is 2.22. The van der Waals surface area contributed by atoms with Crippen LogP contribution in [0.2, 0.25) is 0 Å². The molecule has 1 aliphatic heterocycles. The summed E-state index contributed by atoms with van der Waals surface area (Å²) in [6, 6.07) is -0.160. The fraction of sp³-hybridized carbons (Fsp3) is 0.889. The molecule has 3 N–H and O–H groups in total. The molecule has 0 aromatic carbocycles. The van der Waals surface area contributed by atoms with Gasteiger partial charge in [-0.15, -0.1) is 0 Å². The molecule has 1 atom stereocenters. The Labute approximate surface area is 95.5 Å². The van der Waals surface area contributed by atoms with Gasteiger partial charge in [0.2, 0.25) is 10.0 Å². The Balaban J connectivity index is 2.68. The molecule has 0 bridgehead atoms. The monoisotopic (exact) mass is 250 g/mol. The topological polar surface area (TPSA) is 101 Å². The van der Waals surface area contributed by atoms with Crippen molar-refractivity contribution in [3.8, 4) is 0 Å². The number of hydrogen-bond donors (Lipinski definition) is 2. The normalized spacial score (nSPS) is 23.2. The maximum absolute atomic E-state index is 11.9. The fourth-order valence-electron chi connectivity index (χ4n) is 1.91.